The molecule has 1 saturated heterocycles. The van der Waals surface area contributed by atoms with Crippen molar-refractivity contribution in [1.82, 2.24) is 5.32 Å². The minimum absolute atomic E-state index is 0.185. The van der Waals surface area contributed by atoms with Crippen molar-refractivity contribution in [2.45, 2.75) is 19.1 Å². The molecule has 0 saturated carbocycles. The van der Waals surface area contributed by atoms with Crippen molar-refractivity contribution in [3.63, 3.8) is 0 Å². The minimum Gasteiger partial charge on any atom is -0.469 e. The lowest BCUT2D eigenvalue weighted by Crippen LogP contribution is -2.39. The summed E-state index contributed by atoms with van der Waals surface area (Å²) < 4.78 is 9.79. The predicted octanol–water partition coefficient (Wildman–Crippen LogP) is -0.342. The van der Waals surface area contributed by atoms with Gasteiger partial charge in [-0.25, -0.2) is 0 Å². The van der Waals surface area contributed by atoms with Crippen LogP contribution in [0.4, 0.5) is 0 Å². The second-order valence-corrected chi connectivity index (χ2v) is 2.90. The highest BCUT2D eigenvalue weighted by atomic mass is 16.5. The molecule has 0 aromatic heterocycles. The SMILES string of the molecule is COC(=O)C1CCC(NC=O)OC1. The Hall–Kier alpha value is -1.10. The van der Waals surface area contributed by atoms with Crippen molar-refractivity contribution in [1.29, 1.82) is 0 Å². The number of methoxy groups -OCH3 is 1. The molecule has 1 fully saturated rings. The van der Waals surface area contributed by atoms with Crippen molar-refractivity contribution in [3.8, 4) is 0 Å². The molecule has 1 aliphatic rings. The molecule has 74 valence electrons. The number of carbonyl (C=O) groups excluding carboxylic acids is 2. The van der Waals surface area contributed by atoms with E-state index in [1.54, 1.807) is 0 Å². The van der Waals surface area contributed by atoms with E-state index in [4.69, 9.17) is 4.74 Å². The summed E-state index contributed by atoms with van der Waals surface area (Å²) in [5.74, 6) is -0.431. The van der Waals surface area contributed by atoms with Crippen molar-refractivity contribution in [2.75, 3.05) is 13.7 Å². The van der Waals surface area contributed by atoms with Crippen LogP contribution in [0.3, 0.4) is 0 Å². The molecule has 0 spiro atoms. The smallest absolute Gasteiger partial charge is 0.311 e. The van der Waals surface area contributed by atoms with Crippen LogP contribution in [-0.2, 0) is 19.1 Å². The molecule has 2 unspecified atom stereocenters. The first-order valence-electron chi connectivity index (χ1n) is 4.17. The van der Waals surface area contributed by atoms with Crippen molar-refractivity contribution >= 4 is 12.4 Å². The molecule has 1 heterocycles. The van der Waals surface area contributed by atoms with Crippen LogP contribution < -0.4 is 5.32 Å². The van der Waals surface area contributed by atoms with Crippen LogP contribution in [0.15, 0.2) is 0 Å². The van der Waals surface area contributed by atoms with Crippen LogP contribution in [0.2, 0.25) is 0 Å². The summed E-state index contributed by atoms with van der Waals surface area (Å²) in [6, 6.07) is 0. The number of hydrogen-bond acceptors (Lipinski definition) is 4. The Morgan fingerprint density at radius 3 is 2.85 bits per heavy atom. The molecule has 0 radical (unpaired) electrons. The maximum atomic E-state index is 11.0. The zero-order valence-electron chi connectivity index (χ0n) is 7.49. The summed E-state index contributed by atoms with van der Waals surface area (Å²) in [5, 5.41) is 2.51. The van der Waals surface area contributed by atoms with Gasteiger partial charge in [-0.15, -0.1) is 0 Å². The molecule has 0 bridgehead atoms. The van der Waals surface area contributed by atoms with E-state index in [1.165, 1.54) is 7.11 Å². The van der Waals surface area contributed by atoms with Gasteiger partial charge in [0.1, 0.15) is 6.23 Å². The first-order valence-corrected chi connectivity index (χ1v) is 4.17. The van der Waals surface area contributed by atoms with Gasteiger partial charge < -0.3 is 14.8 Å². The summed E-state index contributed by atoms with van der Waals surface area (Å²) in [5.41, 5.74) is 0. The summed E-state index contributed by atoms with van der Waals surface area (Å²) >= 11 is 0. The molecule has 1 amide bonds. The Morgan fingerprint density at radius 2 is 2.38 bits per heavy atom. The minimum atomic E-state index is -0.251. The Morgan fingerprint density at radius 1 is 1.62 bits per heavy atom. The number of carbonyl (C=O) groups is 2. The lowest BCUT2D eigenvalue weighted by atomic mass is 10.0. The topological polar surface area (TPSA) is 64.6 Å². The van der Waals surface area contributed by atoms with E-state index in [0.29, 0.717) is 25.9 Å². The van der Waals surface area contributed by atoms with Gasteiger partial charge in [-0.1, -0.05) is 0 Å². The van der Waals surface area contributed by atoms with E-state index >= 15 is 0 Å². The van der Waals surface area contributed by atoms with Crippen LogP contribution in [0.5, 0.6) is 0 Å². The molecule has 1 N–H and O–H groups in total. The van der Waals surface area contributed by atoms with Crippen LogP contribution in [0, 0.1) is 5.92 Å². The summed E-state index contributed by atoms with van der Waals surface area (Å²) in [7, 11) is 1.36. The van der Waals surface area contributed by atoms with E-state index in [0.717, 1.165) is 0 Å². The number of amides is 1. The molecule has 0 aromatic rings. The summed E-state index contributed by atoms with van der Waals surface area (Å²) in [6.45, 7) is 0.318. The number of hydrogen-bond donors (Lipinski definition) is 1. The van der Waals surface area contributed by atoms with Crippen molar-refractivity contribution in [3.05, 3.63) is 0 Å². The van der Waals surface area contributed by atoms with Gasteiger partial charge in [0, 0.05) is 0 Å². The fraction of sp³-hybridized carbons (Fsp3) is 0.750. The van der Waals surface area contributed by atoms with Gasteiger partial charge >= 0.3 is 5.97 Å². The number of esters is 1. The van der Waals surface area contributed by atoms with Gasteiger partial charge in [0.05, 0.1) is 19.6 Å². The third-order valence-electron chi connectivity index (χ3n) is 2.06. The average molecular weight is 187 g/mol. The lowest BCUT2D eigenvalue weighted by molar-refractivity contribution is -0.152. The maximum Gasteiger partial charge on any atom is 0.311 e. The van der Waals surface area contributed by atoms with E-state index in [-0.39, 0.29) is 18.1 Å². The van der Waals surface area contributed by atoms with Crippen molar-refractivity contribution < 1.29 is 19.1 Å². The van der Waals surface area contributed by atoms with E-state index in [1.807, 2.05) is 0 Å². The highest BCUT2D eigenvalue weighted by Gasteiger charge is 2.26. The van der Waals surface area contributed by atoms with Crippen molar-refractivity contribution in [2.24, 2.45) is 5.92 Å². The second-order valence-electron chi connectivity index (χ2n) is 2.90. The summed E-state index contributed by atoms with van der Waals surface area (Å²) in [4.78, 5) is 21.1. The highest BCUT2D eigenvalue weighted by molar-refractivity contribution is 5.72. The molecular weight excluding hydrogens is 174 g/mol. The normalized spacial score (nSPS) is 27.8. The standard InChI is InChI=1S/C8H13NO4/c1-12-8(11)6-2-3-7(9-5-10)13-4-6/h5-7H,2-4H2,1H3,(H,9,10). The van der Waals surface area contributed by atoms with Gasteiger partial charge in [-0.2, -0.15) is 0 Å². The fourth-order valence-corrected chi connectivity index (χ4v) is 1.31. The number of nitrogens with one attached hydrogen (secondary N) is 1. The maximum absolute atomic E-state index is 11.0. The Labute approximate surface area is 76.4 Å². The molecule has 1 rings (SSSR count). The molecule has 0 aliphatic carbocycles. The molecule has 1 aliphatic heterocycles. The van der Waals surface area contributed by atoms with E-state index < -0.39 is 0 Å². The zero-order chi connectivity index (χ0) is 9.68. The lowest BCUT2D eigenvalue weighted by Gasteiger charge is -2.26. The molecule has 5 nitrogen and oxygen atoms in total. The van der Waals surface area contributed by atoms with E-state index in [9.17, 15) is 9.59 Å². The second kappa shape index (κ2) is 4.81. The van der Waals surface area contributed by atoms with Gasteiger partial charge in [0.15, 0.2) is 0 Å². The zero-order valence-corrected chi connectivity index (χ0v) is 7.49. The van der Waals surface area contributed by atoms with Gasteiger partial charge in [-0.3, -0.25) is 9.59 Å². The first-order chi connectivity index (χ1) is 6.27. The van der Waals surface area contributed by atoms with Crippen LogP contribution in [0.25, 0.3) is 0 Å². The quantitative estimate of drug-likeness (QED) is 0.485. The Balaban J connectivity index is 2.30. The first kappa shape index (κ1) is 9.98. The number of rotatable bonds is 3. The molecule has 0 aromatic carbocycles. The fourth-order valence-electron chi connectivity index (χ4n) is 1.31. The number of ether oxygens (including phenoxy) is 2. The van der Waals surface area contributed by atoms with Crippen LogP contribution >= 0.6 is 0 Å². The molecule has 5 heteroatoms. The highest BCUT2D eigenvalue weighted by Crippen LogP contribution is 2.18. The monoisotopic (exact) mass is 187 g/mol. The van der Waals surface area contributed by atoms with Gasteiger partial charge in [0.2, 0.25) is 6.41 Å². The molecule has 13 heavy (non-hydrogen) atoms. The Bertz CT molecular complexity index is 187. The van der Waals surface area contributed by atoms with Crippen LogP contribution in [0.1, 0.15) is 12.8 Å². The van der Waals surface area contributed by atoms with E-state index in [2.05, 4.69) is 10.1 Å². The van der Waals surface area contributed by atoms with Crippen LogP contribution in [-0.4, -0.2) is 32.3 Å². The predicted molar refractivity (Wildman–Crippen MR) is 43.7 cm³/mol. The molecule has 2 atom stereocenters. The summed E-state index contributed by atoms with van der Waals surface area (Å²) in [6.07, 6.45) is 1.69. The van der Waals surface area contributed by atoms with Gasteiger partial charge in [-0.05, 0) is 12.8 Å². The van der Waals surface area contributed by atoms with Gasteiger partial charge in [0.25, 0.3) is 0 Å². The molecular formula is C8H13NO4. The average Bonchev–Trinajstić information content (AvgIpc) is 2.18. The third kappa shape index (κ3) is 2.69. The largest absolute Gasteiger partial charge is 0.469 e. The Kier molecular flexibility index (Phi) is 3.70. The third-order valence-corrected chi connectivity index (χ3v) is 2.06.